The molecule has 0 aliphatic carbocycles. The van der Waals surface area contributed by atoms with Crippen LogP contribution in [-0.2, 0) is 4.79 Å². The molecule has 0 aromatic rings. The second-order valence-electron chi connectivity index (χ2n) is 2.81. The summed E-state index contributed by atoms with van der Waals surface area (Å²) in [6.45, 7) is 7.35. The first kappa shape index (κ1) is 6.67. The van der Waals surface area contributed by atoms with E-state index in [-0.39, 0.29) is 11.2 Å². The summed E-state index contributed by atoms with van der Waals surface area (Å²) in [5.41, 5.74) is -0.139. The summed E-state index contributed by atoms with van der Waals surface area (Å²) in [7, 11) is 0. The van der Waals surface area contributed by atoms with Crippen LogP contribution in [0.1, 0.15) is 27.7 Å². The van der Waals surface area contributed by atoms with E-state index in [4.69, 9.17) is 0 Å². The number of Topliss-reactive ketones (excluding diaryl/α,β-unsaturated/α-hetero) is 1. The van der Waals surface area contributed by atoms with Crippen LogP contribution in [-0.4, -0.2) is 5.78 Å². The standard InChI is InChI=1S/C6H12O/c1-5(7)6(2,3)4/h1-4H3/i1+1,5+1. The predicted octanol–water partition coefficient (Wildman–Crippen LogP) is 1.62. The van der Waals surface area contributed by atoms with Gasteiger partial charge in [-0.1, -0.05) is 20.8 Å². The fourth-order valence-electron chi connectivity index (χ4n) is 0. The molecule has 42 valence electrons. The lowest BCUT2D eigenvalue weighted by Gasteiger charge is -2.11. The lowest BCUT2D eigenvalue weighted by atomic mass is 10.1. The minimum Gasteiger partial charge on any atom is -0.299 e. The van der Waals surface area contributed by atoms with Crippen molar-refractivity contribution in [3.63, 3.8) is 0 Å². The van der Waals surface area contributed by atoms with E-state index in [1.807, 2.05) is 20.8 Å². The number of rotatable bonds is 0. The molecule has 0 rings (SSSR count). The second-order valence-corrected chi connectivity index (χ2v) is 2.81. The molecular formula is C6H12O. The minimum atomic E-state index is -0.139. The van der Waals surface area contributed by atoms with Crippen LogP contribution in [0.25, 0.3) is 0 Å². The highest BCUT2D eigenvalue weighted by molar-refractivity contribution is 5.80. The Balaban J connectivity index is 3.79. The summed E-state index contributed by atoms with van der Waals surface area (Å²) in [5.74, 6) is 0.243. The summed E-state index contributed by atoms with van der Waals surface area (Å²) in [5, 5.41) is 0. The Morgan fingerprint density at radius 3 is 1.43 bits per heavy atom. The van der Waals surface area contributed by atoms with E-state index in [2.05, 4.69) is 0 Å². The monoisotopic (exact) mass is 102 g/mol. The molecule has 0 aromatic heterocycles. The molecule has 0 unspecified atom stereocenters. The van der Waals surface area contributed by atoms with Crippen molar-refractivity contribution in [2.24, 2.45) is 5.41 Å². The van der Waals surface area contributed by atoms with Gasteiger partial charge in [0.2, 0.25) is 0 Å². The van der Waals surface area contributed by atoms with Crippen molar-refractivity contribution >= 4 is 5.78 Å². The number of carbonyl (C=O) groups excluding carboxylic acids is 1. The van der Waals surface area contributed by atoms with Gasteiger partial charge in [0.25, 0.3) is 0 Å². The topological polar surface area (TPSA) is 17.1 Å². The summed E-state index contributed by atoms with van der Waals surface area (Å²) in [6.07, 6.45) is 0. The average molecular weight is 102 g/mol. The Morgan fingerprint density at radius 2 is 1.43 bits per heavy atom. The third-order valence-electron chi connectivity index (χ3n) is 1.06. The van der Waals surface area contributed by atoms with Gasteiger partial charge in [0.15, 0.2) is 0 Å². The van der Waals surface area contributed by atoms with Gasteiger partial charge < -0.3 is 0 Å². The summed E-state index contributed by atoms with van der Waals surface area (Å²) >= 11 is 0. The third-order valence-corrected chi connectivity index (χ3v) is 1.06. The van der Waals surface area contributed by atoms with Crippen molar-refractivity contribution in [2.45, 2.75) is 27.7 Å². The molecular weight excluding hydrogens is 90.0 g/mol. The summed E-state index contributed by atoms with van der Waals surface area (Å²) in [6, 6.07) is 0. The molecule has 0 saturated heterocycles. The van der Waals surface area contributed by atoms with Gasteiger partial charge in [-0.15, -0.1) is 0 Å². The van der Waals surface area contributed by atoms with Gasteiger partial charge >= 0.3 is 0 Å². The number of carbonyl (C=O) groups is 1. The molecule has 0 radical (unpaired) electrons. The van der Waals surface area contributed by atoms with Crippen LogP contribution < -0.4 is 0 Å². The maximum atomic E-state index is 10.5. The van der Waals surface area contributed by atoms with Gasteiger partial charge in [0.1, 0.15) is 5.78 Å². The smallest absolute Gasteiger partial charge is 0.135 e. The normalized spacial score (nSPS) is 11.4. The molecule has 0 heterocycles. The molecule has 0 aliphatic heterocycles. The molecule has 0 aromatic carbocycles. The fraction of sp³-hybridized carbons (Fsp3) is 0.833. The molecule has 0 N–H and O–H groups in total. The Kier molecular flexibility index (Phi) is 1.57. The maximum Gasteiger partial charge on any atom is 0.135 e. The first-order valence-corrected chi connectivity index (χ1v) is 2.45. The molecule has 0 atom stereocenters. The predicted molar refractivity (Wildman–Crippen MR) is 30.1 cm³/mol. The van der Waals surface area contributed by atoms with E-state index in [1.165, 1.54) is 0 Å². The van der Waals surface area contributed by atoms with Crippen molar-refractivity contribution in [3.8, 4) is 0 Å². The van der Waals surface area contributed by atoms with E-state index in [1.54, 1.807) is 6.92 Å². The zero-order valence-electron chi connectivity index (χ0n) is 5.41. The van der Waals surface area contributed by atoms with E-state index in [9.17, 15) is 4.79 Å². The molecule has 0 bridgehead atoms. The van der Waals surface area contributed by atoms with E-state index >= 15 is 0 Å². The fourth-order valence-corrected chi connectivity index (χ4v) is 0. The van der Waals surface area contributed by atoms with Crippen LogP contribution in [0.15, 0.2) is 0 Å². The van der Waals surface area contributed by atoms with Crippen LogP contribution in [0, 0.1) is 5.41 Å². The van der Waals surface area contributed by atoms with E-state index < -0.39 is 0 Å². The van der Waals surface area contributed by atoms with Gasteiger partial charge in [-0.05, 0) is 6.92 Å². The van der Waals surface area contributed by atoms with Gasteiger partial charge in [0, 0.05) is 5.41 Å². The molecule has 1 heteroatoms. The quantitative estimate of drug-likeness (QED) is 0.425. The SMILES string of the molecule is CC(C)(C)[13C]([13CH3])=O. The largest absolute Gasteiger partial charge is 0.299 e. The summed E-state index contributed by atoms with van der Waals surface area (Å²) < 4.78 is 0. The van der Waals surface area contributed by atoms with Gasteiger partial charge in [-0.3, -0.25) is 4.79 Å². The maximum absolute atomic E-state index is 10.5. The first-order valence-electron chi connectivity index (χ1n) is 2.45. The number of ketones is 1. The molecule has 1 nitrogen and oxygen atoms in total. The molecule has 0 fully saturated rings. The van der Waals surface area contributed by atoms with Gasteiger partial charge in [0.05, 0.1) is 0 Å². The number of hydrogen-bond acceptors (Lipinski definition) is 1. The van der Waals surface area contributed by atoms with Crippen LogP contribution in [0.3, 0.4) is 0 Å². The lowest BCUT2D eigenvalue weighted by molar-refractivity contribution is -0.124. The third kappa shape index (κ3) is 2.38. The number of hydrogen-bond donors (Lipinski definition) is 0. The Morgan fingerprint density at radius 1 is 1.29 bits per heavy atom. The zero-order chi connectivity index (χ0) is 6.08. The van der Waals surface area contributed by atoms with E-state index in [0.29, 0.717) is 0 Å². The minimum absolute atomic E-state index is 0.139. The zero-order valence-corrected chi connectivity index (χ0v) is 5.41. The van der Waals surface area contributed by atoms with Crippen molar-refractivity contribution in [1.29, 1.82) is 0 Å². The second kappa shape index (κ2) is 1.65. The van der Waals surface area contributed by atoms with Crippen molar-refractivity contribution < 1.29 is 4.79 Å². The van der Waals surface area contributed by atoms with Crippen molar-refractivity contribution in [3.05, 3.63) is 0 Å². The molecule has 0 saturated carbocycles. The lowest BCUT2D eigenvalue weighted by Crippen LogP contribution is -2.15. The van der Waals surface area contributed by atoms with E-state index in [0.717, 1.165) is 0 Å². The Bertz CT molecular complexity index is 76.7. The Labute approximate surface area is 44.7 Å². The summed E-state index contributed by atoms with van der Waals surface area (Å²) in [4.78, 5) is 10.5. The highest BCUT2D eigenvalue weighted by atomic mass is 16.2. The molecule has 0 amide bonds. The van der Waals surface area contributed by atoms with Crippen molar-refractivity contribution in [1.82, 2.24) is 0 Å². The van der Waals surface area contributed by atoms with Crippen LogP contribution >= 0.6 is 0 Å². The molecule has 0 aliphatic rings. The van der Waals surface area contributed by atoms with Gasteiger partial charge in [-0.2, -0.15) is 0 Å². The van der Waals surface area contributed by atoms with Crippen molar-refractivity contribution in [2.75, 3.05) is 0 Å². The van der Waals surface area contributed by atoms with Crippen LogP contribution in [0.4, 0.5) is 0 Å². The molecule has 0 spiro atoms. The molecule has 7 heavy (non-hydrogen) atoms. The van der Waals surface area contributed by atoms with Crippen LogP contribution in [0.5, 0.6) is 0 Å². The highest BCUT2D eigenvalue weighted by Gasteiger charge is 2.14. The van der Waals surface area contributed by atoms with Crippen LogP contribution in [0.2, 0.25) is 0 Å². The highest BCUT2D eigenvalue weighted by Crippen LogP contribution is 2.12. The first-order chi connectivity index (χ1) is 2.94. The Hall–Kier alpha value is -0.330. The average Bonchev–Trinajstić information content (AvgIpc) is 1.31. The van der Waals surface area contributed by atoms with Gasteiger partial charge in [-0.25, -0.2) is 0 Å².